The first-order valence-corrected chi connectivity index (χ1v) is 11.2. The summed E-state index contributed by atoms with van der Waals surface area (Å²) in [5, 5.41) is 7.35. The lowest BCUT2D eigenvalue weighted by Gasteiger charge is -2.34. The molecule has 1 aromatic heterocycles. The monoisotopic (exact) mass is 548 g/mol. The van der Waals surface area contributed by atoms with Crippen molar-refractivity contribution >= 4 is 40.0 Å². The number of morpholine rings is 1. The molecule has 166 valence electrons. The van der Waals surface area contributed by atoms with Crippen LogP contribution in [-0.2, 0) is 28.4 Å². The summed E-state index contributed by atoms with van der Waals surface area (Å²) in [7, 11) is 0.178. The first kappa shape index (κ1) is 24.6. The molecule has 2 aromatic rings. The van der Waals surface area contributed by atoms with Gasteiger partial charge in [0, 0.05) is 45.5 Å². The first-order valence-electron chi connectivity index (χ1n) is 9.54. The quantitative estimate of drug-likeness (QED) is 0.306. The van der Waals surface area contributed by atoms with Gasteiger partial charge in [-0.1, -0.05) is 30.3 Å². The molecular formula is C19H29IN6O3S. The van der Waals surface area contributed by atoms with E-state index in [1.54, 1.807) is 17.9 Å². The molecule has 0 saturated carbocycles. The van der Waals surface area contributed by atoms with Crippen LogP contribution in [0, 0.1) is 0 Å². The zero-order valence-corrected chi connectivity index (χ0v) is 20.3. The Bertz CT molecular complexity index is 919. The molecule has 1 atom stereocenters. The Morgan fingerprint density at radius 1 is 1.33 bits per heavy atom. The van der Waals surface area contributed by atoms with Gasteiger partial charge in [-0.05, 0) is 5.56 Å². The number of ether oxygens (including phenoxy) is 1. The number of guanidine groups is 1. The average molecular weight is 548 g/mol. The van der Waals surface area contributed by atoms with Gasteiger partial charge in [0.05, 0.1) is 25.1 Å². The summed E-state index contributed by atoms with van der Waals surface area (Å²) < 4.78 is 34.7. The number of sulfonamides is 1. The van der Waals surface area contributed by atoms with E-state index in [-0.39, 0.29) is 48.9 Å². The summed E-state index contributed by atoms with van der Waals surface area (Å²) in [4.78, 5) is 6.37. The molecule has 1 fully saturated rings. The van der Waals surface area contributed by atoms with Crippen molar-refractivity contribution in [3.05, 3.63) is 53.9 Å². The van der Waals surface area contributed by atoms with Gasteiger partial charge in [-0.2, -0.15) is 5.10 Å². The summed E-state index contributed by atoms with van der Waals surface area (Å²) in [6.07, 6.45) is 3.65. The van der Waals surface area contributed by atoms with Crippen molar-refractivity contribution in [2.45, 2.75) is 12.6 Å². The number of nitrogens with one attached hydrogen (secondary N) is 2. The molecule has 1 aliphatic heterocycles. The van der Waals surface area contributed by atoms with Crippen molar-refractivity contribution in [2.24, 2.45) is 12.0 Å². The van der Waals surface area contributed by atoms with E-state index in [0.29, 0.717) is 25.7 Å². The Morgan fingerprint density at radius 2 is 2.10 bits per heavy atom. The highest BCUT2D eigenvalue weighted by molar-refractivity contribution is 14.0. The van der Waals surface area contributed by atoms with Crippen molar-refractivity contribution in [2.75, 3.05) is 39.0 Å². The Morgan fingerprint density at radius 3 is 2.77 bits per heavy atom. The molecule has 2 N–H and O–H groups in total. The second-order valence-electron chi connectivity index (χ2n) is 6.85. The predicted molar refractivity (Wildman–Crippen MR) is 127 cm³/mol. The van der Waals surface area contributed by atoms with E-state index in [9.17, 15) is 8.42 Å². The van der Waals surface area contributed by atoms with E-state index in [0.717, 1.165) is 11.1 Å². The van der Waals surface area contributed by atoms with Gasteiger partial charge in [0.25, 0.3) is 0 Å². The van der Waals surface area contributed by atoms with Crippen LogP contribution in [0.2, 0.25) is 0 Å². The third kappa shape index (κ3) is 7.22. The van der Waals surface area contributed by atoms with E-state index in [1.807, 2.05) is 43.6 Å². The fourth-order valence-electron chi connectivity index (χ4n) is 3.14. The summed E-state index contributed by atoms with van der Waals surface area (Å²) >= 11 is 0. The van der Waals surface area contributed by atoms with Crippen LogP contribution in [0.4, 0.5) is 0 Å². The van der Waals surface area contributed by atoms with Gasteiger partial charge < -0.3 is 15.0 Å². The molecule has 1 aliphatic rings. The lowest BCUT2D eigenvalue weighted by Crippen LogP contribution is -2.49. The lowest BCUT2D eigenvalue weighted by molar-refractivity contribution is -0.00798. The maximum absolute atomic E-state index is 12.3. The molecule has 30 heavy (non-hydrogen) atoms. The normalized spacial score (nSPS) is 17.5. The van der Waals surface area contributed by atoms with Gasteiger partial charge in [-0.15, -0.1) is 24.0 Å². The van der Waals surface area contributed by atoms with Crippen LogP contribution in [0.3, 0.4) is 0 Å². The number of hydrogen-bond acceptors (Lipinski definition) is 5. The standard InChI is InChI=1S/C19H28N6O3S.HI/c1-20-19(25-9-10-28-18(15-25)17-13-22-24(2)14-17)21-8-11-29(26,27)23-12-16-6-4-3-5-7-16;/h3-7,13-14,18,23H,8-12,15H2,1-2H3,(H,20,21);1H. The summed E-state index contributed by atoms with van der Waals surface area (Å²) in [5.74, 6) is 0.635. The second kappa shape index (κ2) is 11.6. The summed E-state index contributed by atoms with van der Waals surface area (Å²) in [5.41, 5.74) is 1.94. The molecule has 1 aromatic carbocycles. The second-order valence-corrected chi connectivity index (χ2v) is 8.78. The van der Waals surface area contributed by atoms with E-state index in [2.05, 4.69) is 25.0 Å². The Hall–Kier alpha value is -1.70. The van der Waals surface area contributed by atoms with Gasteiger partial charge in [-0.3, -0.25) is 9.67 Å². The highest BCUT2D eigenvalue weighted by Gasteiger charge is 2.25. The van der Waals surface area contributed by atoms with Crippen molar-refractivity contribution in [3.8, 4) is 0 Å². The van der Waals surface area contributed by atoms with E-state index >= 15 is 0 Å². The average Bonchev–Trinajstić information content (AvgIpc) is 3.17. The Kier molecular flexibility index (Phi) is 9.52. The maximum atomic E-state index is 12.3. The van der Waals surface area contributed by atoms with E-state index in [1.165, 1.54) is 0 Å². The van der Waals surface area contributed by atoms with Crippen molar-refractivity contribution in [1.82, 2.24) is 24.7 Å². The van der Waals surface area contributed by atoms with Crippen molar-refractivity contribution < 1.29 is 13.2 Å². The molecule has 1 unspecified atom stereocenters. The fraction of sp³-hybridized carbons (Fsp3) is 0.474. The molecule has 11 heteroatoms. The molecule has 0 radical (unpaired) electrons. The van der Waals surface area contributed by atoms with Crippen molar-refractivity contribution in [1.29, 1.82) is 0 Å². The van der Waals surface area contributed by atoms with Gasteiger partial charge >= 0.3 is 0 Å². The fourth-order valence-corrected chi connectivity index (χ4v) is 4.04. The van der Waals surface area contributed by atoms with Crippen LogP contribution in [0.15, 0.2) is 47.7 Å². The van der Waals surface area contributed by atoms with Crippen LogP contribution in [-0.4, -0.2) is 68.1 Å². The Labute approximate surface area is 195 Å². The number of aryl methyl sites for hydroxylation is 1. The summed E-state index contributed by atoms with van der Waals surface area (Å²) in [6.45, 7) is 2.44. The van der Waals surface area contributed by atoms with Crippen LogP contribution in [0.1, 0.15) is 17.2 Å². The first-order chi connectivity index (χ1) is 14.0. The lowest BCUT2D eigenvalue weighted by atomic mass is 10.1. The number of halogens is 1. The van der Waals surface area contributed by atoms with Crippen LogP contribution >= 0.6 is 24.0 Å². The zero-order chi connectivity index (χ0) is 20.7. The molecule has 0 aliphatic carbocycles. The van der Waals surface area contributed by atoms with Gasteiger partial charge in [0.2, 0.25) is 10.0 Å². The van der Waals surface area contributed by atoms with Gasteiger partial charge in [-0.25, -0.2) is 13.1 Å². The van der Waals surface area contributed by atoms with Crippen LogP contribution < -0.4 is 10.0 Å². The predicted octanol–water partition coefficient (Wildman–Crippen LogP) is 1.11. The number of nitrogens with zero attached hydrogens (tertiary/aromatic N) is 4. The molecule has 2 heterocycles. The minimum absolute atomic E-state index is 0. The molecule has 0 spiro atoms. The number of rotatable bonds is 7. The highest BCUT2D eigenvalue weighted by Crippen LogP contribution is 2.21. The van der Waals surface area contributed by atoms with E-state index in [4.69, 9.17) is 4.74 Å². The molecule has 0 bridgehead atoms. The molecule has 0 amide bonds. The van der Waals surface area contributed by atoms with Gasteiger partial charge in [0.15, 0.2) is 5.96 Å². The molecule has 1 saturated heterocycles. The summed E-state index contributed by atoms with van der Waals surface area (Å²) in [6, 6.07) is 9.45. The van der Waals surface area contributed by atoms with Crippen molar-refractivity contribution in [3.63, 3.8) is 0 Å². The number of aliphatic imine (C=N–C) groups is 1. The minimum Gasteiger partial charge on any atom is -0.370 e. The largest absolute Gasteiger partial charge is 0.370 e. The van der Waals surface area contributed by atoms with Gasteiger partial charge in [0.1, 0.15) is 6.10 Å². The Balaban J connectivity index is 0.00000320. The minimum atomic E-state index is -3.39. The zero-order valence-electron chi connectivity index (χ0n) is 17.2. The third-order valence-electron chi connectivity index (χ3n) is 4.67. The molecule has 9 nitrogen and oxygen atoms in total. The molecule has 3 rings (SSSR count). The highest BCUT2D eigenvalue weighted by atomic mass is 127. The smallest absolute Gasteiger partial charge is 0.213 e. The maximum Gasteiger partial charge on any atom is 0.213 e. The number of aromatic nitrogens is 2. The molecular weight excluding hydrogens is 519 g/mol. The van der Waals surface area contributed by atoms with Crippen LogP contribution in [0.25, 0.3) is 0 Å². The van der Waals surface area contributed by atoms with E-state index < -0.39 is 10.0 Å². The third-order valence-corrected chi connectivity index (χ3v) is 5.99. The SMILES string of the molecule is CN=C(NCCS(=O)(=O)NCc1ccccc1)N1CCOC(c2cnn(C)c2)C1.I. The number of benzene rings is 1. The van der Waals surface area contributed by atoms with Crippen LogP contribution in [0.5, 0.6) is 0 Å². The number of hydrogen-bond donors (Lipinski definition) is 2. The topological polar surface area (TPSA) is 101 Å².